The highest BCUT2D eigenvalue weighted by Gasteiger charge is 2.35. The van der Waals surface area contributed by atoms with Gasteiger partial charge in [0.15, 0.2) is 17.2 Å². The Hall–Kier alpha value is -2.80. The van der Waals surface area contributed by atoms with Gasteiger partial charge in [0.05, 0.1) is 7.11 Å². The number of cyclic esters (lactones) is 1. The molecule has 2 N–H and O–H groups in total. The number of aromatic hydroxyl groups is 1. The summed E-state index contributed by atoms with van der Waals surface area (Å²) in [5.41, 5.74) is 1.01. The summed E-state index contributed by atoms with van der Waals surface area (Å²) < 4.78 is 11.0. The minimum Gasteiger partial charge on any atom is -0.503 e. The first-order valence-corrected chi connectivity index (χ1v) is 12.5. The van der Waals surface area contributed by atoms with Crippen molar-refractivity contribution in [3.05, 3.63) is 52.8 Å². The molecule has 1 aromatic carbocycles. The van der Waals surface area contributed by atoms with Crippen molar-refractivity contribution >= 4 is 23.5 Å². The van der Waals surface area contributed by atoms with Gasteiger partial charge in [-0.25, -0.2) is 9.78 Å². The van der Waals surface area contributed by atoms with Gasteiger partial charge in [0.25, 0.3) is 5.91 Å². The third-order valence-electron chi connectivity index (χ3n) is 6.64. The van der Waals surface area contributed by atoms with Gasteiger partial charge >= 0.3 is 5.97 Å². The molecule has 1 aromatic heterocycles. The minimum atomic E-state index is -0.827. The molecule has 4 atom stereocenters. The van der Waals surface area contributed by atoms with E-state index in [-0.39, 0.29) is 29.2 Å². The second-order valence-corrected chi connectivity index (χ2v) is 10.1. The molecule has 190 valence electrons. The van der Waals surface area contributed by atoms with Crippen LogP contribution in [0.3, 0.4) is 0 Å². The molecule has 3 rings (SSSR count). The fourth-order valence-corrected chi connectivity index (χ4v) is 5.01. The zero-order valence-electron chi connectivity index (χ0n) is 20.8. The van der Waals surface area contributed by atoms with Crippen LogP contribution in [0.25, 0.3) is 0 Å². The van der Waals surface area contributed by atoms with Gasteiger partial charge < -0.3 is 19.9 Å². The number of benzene rings is 1. The summed E-state index contributed by atoms with van der Waals surface area (Å²) in [7, 11) is 1.39. The topological polar surface area (TPSA) is 97.8 Å². The van der Waals surface area contributed by atoms with E-state index < -0.39 is 17.9 Å². The average molecular weight is 503 g/mol. The molecule has 4 unspecified atom stereocenters. The van der Waals surface area contributed by atoms with Crippen molar-refractivity contribution in [3.63, 3.8) is 0 Å². The van der Waals surface area contributed by atoms with Crippen molar-refractivity contribution < 1.29 is 24.2 Å². The number of esters is 1. The van der Waals surface area contributed by atoms with Gasteiger partial charge in [-0.15, -0.1) is 0 Å². The molecule has 1 fully saturated rings. The molecule has 0 saturated carbocycles. The number of carbonyl (C=O) groups excluding carboxylic acids is 2. The van der Waals surface area contributed by atoms with Crippen molar-refractivity contribution in [2.75, 3.05) is 7.11 Å². The molecule has 1 amide bonds. The quantitative estimate of drug-likeness (QED) is 0.506. The lowest BCUT2D eigenvalue weighted by atomic mass is 9.76. The monoisotopic (exact) mass is 502 g/mol. The molecule has 0 aliphatic carbocycles. The highest BCUT2D eigenvalue weighted by Crippen LogP contribution is 2.34. The maximum atomic E-state index is 13.1. The summed E-state index contributed by atoms with van der Waals surface area (Å²) in [5.74, 6) is -0.379. The van der Waals surface area contributed by atoms with Gasteiger partial charge in [0, 0.05) is 17.3 Å². The summed E-state index contributed by atoms with van der Waals surface area (Å²) in [6.45, 7) is 6.30. The first-order valence-electron chi connectivity index (χ1n) is 12.2. The van der Waals surface area contributed by atoms with Gasteiger partial charge in [-0.3, -0.25) is 4.79 Å². The van der Waals surface area contributed by atoms with Gasteiger partial charge in [0.1, 0.15) is 12.1 Å². The maximum absolute atomic E-state index is 13.1. The van der Waals surface area contributed by atoms with Gasteiger partial charge in [-0.2, -0.15) is 0 Å². The molecule has 1 saturated heterocycles. The van der Waals surface area contributed by atoms with Gasteiger partial charge in [-0.05, 0) is 68.1 Å². The molecule has 2 aromatic rings. The third kappa shape index (κ3) is 7.10. The zero-order chi connectivity index (χ0) is 25.5. The van der Waals surface area contributed by atoms with Crippen LogP contribution in [-0.4, -0.2) is 41.2 Å². The van der Waals surface area contributed by atoms with Crippen LogP contribution in [0.5, 0.6) is 11.5 Å². The highest BCUT2D eigenvalue weighted by atomic mass is 35.5. The first-order chi connectivity index (χ1) is 16.7. The predicted molar refractivity (Wildman–Crippen MR) is 135 cm³/mol. The Labute approximate surface area is 212 Å². The normalized spacial score (nSPS) is 23.1. The van der Waals surface area contributed by atoms with E-state index >= 15 is 0 Å². The number of nitrogens with one attached hydrogen (secondary N) is 1. The molecule has 0 radical (unpaired) electrons. The molecule has 1 aliphatic heterocycles. The van der Waals surface area contributed by atoms with Crippen molar-refractivity contribution in [2.24, 2.45) is 17.8 Å². The smallest absolute Gasteiger partial charge is 0.328 e. The molecule has 7 nitrogen and oxygen atoms in total. The fraction of sp³-hybridized carbons (Fsp3) is 0.519. The summed E-state index contributed by atoms with van der Waals surface area (Å²) in [5, 5.41) is 13.7. The number of ether oxygens (including phenoxy) is 2. The van der Waals surface area contributed by atoms with Crippen LogP contribution in [-0.2, 0) is 16.0 Å². The fourth-order valence-electron chi connectivity index (χ4n) is 4.88. The van der Waals surface area contributed by atoms with Crippen molar-refractivity contribution in [3.8, 4) is 11.5 Å². The van der Waals surface area contributed by atoms with E-state index in [0.29, 0.717) is 23.3 Å². The average Bonchev–Trinajstić information content (AvgIpc) is 2.86. The van der Waals surface area contributed by atoms with Gasteiger partial charge in [0.2, 0.25) is 0 Å². The third-order valence-corrected chi connectivity index (χ3v) is 6.90. The standard InChI is InChI=1S/C27H35ClN2O5/c1-16(2)14-21-17(3)35-27(33)22(30-26(32)24-25(31)23(34-4)12-13-29-24)7-5-6-19(21)15-18-8-10-20(28)11-9-18/h8-13,16-17,19,21-22,31H,5-7,14-15H2,1-4H3,(H,30,32). The number of hydrogen-bond donors (Lipinski definition) is 2. The molecule has 2 heterocycles. The summed E-state index contributed by atoms with van der Waals surface area (Å²) in [6, 6.07) is 8.54. The predicted octanol–water partition coefficient (Wildman–Crippen LogP) is 5.18. The van der Waals surface area contributed by atoms with Crippen LogP contribution < -0.4 is 10.1 Å². The lowest BCUT2D eigenvalue weighted by Crippen LogP contribution is -2.43. The molecule has 8 heteroatoms. The van der Waals surface area contributed by atoms with Crippen LogP contribution in [0.4, 0.5) is 0 Å². The zero-order valence-corrected chi connectivity index (χ0v) is 21.5. The lowest BCUT2D eigenvalue weighted by molar-refractivity contribution is -0.154. The van der Waals surface area contributed by atoms with E-state index in [1.807, 2.05) is 19.1 Å². The molecule has 0 spiro atoms. The SMILES string of the molecule is COc1ccnc(C(=O)NC2CCCC(Cc3ccc(Cl)cc3)C(CC(C)C)C(C)OC2=O)c1O. The van der Waals surface area contributed by atoms with Crippen LogP contribution in [0.1, 0.15) is 62.5 Å². The number of carbonyl (C=O) groups is 2. The molecule has 0 bridgehead atoms. The van der Waals surface area contributed by atoms with E-state index in [2.05, 4.69) is 36.3 Å². The molecular weight excluding hydrogens is 468 g/mol. The number of hydrogen-bond acceptors (Lipinski definition) is 6. The van der Waals surface area contributed by atoms with E-state index in [0.717, 1.165) is 25.7 Å². The second kappa shape index (κ2) is 12.2. The summed E-state index contributed by atoms with van der Waals surface area (Å²) in [6.07, 6.45) is 4.96. The Morgan fingerprint density at radius 3 is 2.63 bits per heavy atom. The lowest BCUT2D eigenvalue weighted by Gasteiger charge is -2.32. The Morgan fingerprint density at radius 2 is 1.97 bits per heavy atom. The summed E-state index contributed by atoms with van der Waals surface area (Å²) >= 11 is 6.07. The number of nitrogens with zero attached hydrogens (tertiary/aromatic N) is 1. The highest BCUT2D eigenvalue weighted by molar-refractivity contribution is 6.30. The molecular formula is C27H35ClN2O5. The van der Waals surface area contributed by atoms with Gasteiger partial charge in [-0.1, -0.05) is 44.0 Å². The Morgan fingerprint density at radius 1 is 1.26 bits per heavy atom. The number of halogens is 1. The summed E-state index contributed by atoms with van der Waals surface area (Å²) in [4.78, 5) is 29.9. The number of pyridine rings is 1. The van der Waals surface area contributed by atoms with E-state index in [1.54, 1.807) is 0 Å². The van der Waals surface area contributed by atoms with Crippen molar-refractivity contribution in [1.82, 2.24) is 10.3 Å². The van der Waals surface area contributed by atoms with Crippen LogP contribution in [0.15, 0.2) is 36.5 Å². The van der Waals surface area contributed by atoms with E-state index in [9.17, 15) is 14.7 Å². The van der Waals surface area contributed by atoms with Crippen LogP contribution in [0, 0.1) is 17.8 Å². The number of rotatable bonds is 7. The van der Waals surface area contributed by atoms with E-state index in [4.69, 9.17) is 21.1 Å². The van der Waals surface area contributed by atoms with Crippen molar-refractivity contribution in [1.29, 1.82) is 0 Å². The Bertz CT molecular complexity index is 1010. The van der Waals surface area contributed by atoms with E-state index in [1.165, 1.54) is 24.9 Å². The van der Waals surface area contributed by atoms with Crippen molar-refractivity contribution in [2.45, 2.75) is 65.0 Å². The first kappa shape index (κ1) is 26.8. The largest absolute Gasteiger partial charge is 0.503 e. The maximum Gasteiger partial charge on any atom is 0.328 e. The minimum absolute atomic E-state index is 0.136. The Kier molecular flexibility index (Phi) is 9.38. The molecule has 1 aliphatic rings. The second-order valence-electron chi connectivity index (χ2n) is 9.69. The number of amides is 1. The van der Waals surface area contributed by atoms with Crippen LogP contribution >= 0.6 is 11.6 Å². The molecule has 35 heavy (non-hydrogen) atoms. The Balaban J connectivity index is 1.78. The number of aromatic nitrogens is 1. The number of methoxy groups -OCH3 is 1. The van der Waals surface area contributed by atoms with Crippen LogP contribution in [0.2, 0.25) is 5.02 Å².